The Morgan fingerprint density at radius 1 is 1.16 bits per heavy atom. The number of hydrogen-bond donors (Lipinski definition) is 4. The van der Waals surface area contributed by atoms with Crippen molar-refractivity contribution < 1.29 is 27.9 Å². The number of carbonyl (C=O) groups is 2. The van der Waals surface area contributed by atoms with Crippen molar-refractivity contribution in [1.29, 1.82) is 0 Å². The number of nitrogens with one attached hydrogen (secondary N) is 3. The zero-order chi connectivity index (χ0) is 30.7. The van der Waals surface area contributed by atoms with Gasteiger partial charge in [0.15, 0.2) is 5.69 Å². The topological polar surface area (TPSA) is 138 Å². The lowest BCUT2D eigenvalue weighted by atomic mass is 9.99. The fourth-order valence-corrected chi connectivity index (χ4v) is 5.46. The maximum Gasteiger partial charge on any atom is 0.434 e. The fraction of sp³-hybridized carbons (Fsp3) is 0.345. The minimum atomic E-state index is -4.63. The Labute approximate surface area is 248 Å². The molecular formula is C29H29F3N6O4S. The summed E-state index contributed by atoms with van der Waals surface area (Å²) in [6.07, 6.45) is 0.746. The van der Waals surface area contributed by atoms with Crippen molar-refractivity contribution in [2.45, 2.75) is 38.9 Å². The van der Waals surface area contributed by atoms with Gasteiger partial charge in [-0.2, -0.15) is 13.2 Å². The number of aliphatic hydroxyl groups excluding tert-OH is 1. The van der Waals surface area contributed by atoms with Gasteiger partial charge < -0.3 is 20.3 Å². The van der Waals surface area contributed by atoms with Crippen molar-refractivity contribution in [3.05, 3.63) is 63.5 Å². The lowest BCUT2D eigenvalue weighted by molar-refractivity contribution is -0.140. The van der Waals surface area contributed by atoms with E-state index in [0.29, 0.717) is 53.0 Å². The zero-order valence-corrected chi connectivity index (χ0v) is 23.9. The highest BCUT2D eigenvalue weighted by Gasteiger charge is 2.34. The average Bonchev–Trinajstić information content (AvgIpc) is 3.64. The lowest BCUT2D eigenvalue weighted by Gasteiger charge is -2.16. The van der Waals surface area contributed by atoms with Crippen molar-refractivity contribution in [3.63, 3.8) is 0 Å². The van der Waals surface area contributed by atoms with Crippen LogP contribution < -0.4 is 21.4 Å². The molecule has 1 fully saturated rings. The van der Waals surface area contributed by atoms with Crippen LogP contribution in [0.1, 0.15) is 42.2 Å². The molecule has 3 heterocycles. The van der Waals surface area contributed by atoms with E-state index in [0.717, 1.165) is 29.6 Å². The minimum absolute atomic E-state index is 0.00977. The van der Waals surface area contributed by atoms with Crippen LogP contribution in [0.2, 0.25) is 0 Å². The number of hydrogen-bond acceptors (Lipinski definition) is 7. The van der Waals surface area contributed by atoms with E-state index in [1.54, 1.807) is 25.1 Å². The number of alkyl halides is 3. The summed E-state index contributed by atoms with van der Waals surface area (Å²) in [5.74, 6) is -0.00995. The zero-order valence-electron chi connectivity index (χ0n) is 23.1. The third-order valence-corrected chi connectivity index (χ3v) is 7.79. The monoisotopic (exact) mass is 614 g/mol. The van der Waals surface area contributed by atoms with Gasteiger partial charge in [0.1, 0.15) is 16.4 Å². The smallest absolute Gasteiger partial charge is 0.396 e. The van der Waals surface area contributed by atoms with Crippen molar-refractivity contribution >= 4 is 40.0 Å². The summed E-state index contributed by atoms with van der Waals surface area (Å²) < 4.78 is 42.1. The summed E-state index contributed by atoms with van der Waals surface area (Å²) >= 11 is 0.813. The minimum Gasteiger partial charge on any atom is -0.396 e. The first kappa shape index (κ1) is 30.2. The van der Waals surface area contributed by atoms with E-state index >= 15 is 0 Å². The third kappa shape index (κ3) is 6.86. The number of carbonyl (C=O) groups excluding carboxylic acids is 2. The van der Waals surface area contributed by atoms with Crippen molar-refractivity contribution in [3.8, 4) is 21.7 Å². The van der Waals surface area contributed by atoms with E-state index in [4.69, 9.17) is 5.11 Å². The maximum atomic E-state index is 13.4. The first-order valence-electron chi connectivity index (χ1n) is 13.7. The Bertz CT molecular complexity index is 1730. The molecule has 4 aromatic rings. The molecule has 1 aliphatic carbocycles. The Morgan fingerprint density at radius 2 is 1.95 bits per heavy atom. The summed E-state index contributed by atoms with van der Waals surface area (Å²) in [5.41, 5.74) is 0.392. The van der Waals surface area contributed by atoms with Crippen molar-refractivity contribution in [2.75, 3.05) is 25.0 Å². The third-order valence-electron chi connectivity index (χ3n) is 6.92. The van der Waals surface area contributed by atoms with E-state index in [1.165, 1.54) is 18.5 Å². The van der Waals surface area contributed by atoms with Gasteiger partial charge in [-0.25, -0.2) is 14.8 Å². The highest BCUT2D eigenvalue weighted by atomic mass is 32.1. The quantitative estimate of drug-likeness (QED) is 0.188. The van der Waals surface area contributed by atoms with Crippen LogP contribution in [0.5, 0.6) is 0 Å². The molecule has 0 bridgehead atoms. The van der Waals surface area contributed by atoms with E-state index in [1.807, 2.05) is 4.57 Å². The van der Waals surface area contributed by atoms with Gasteiger partial charge in [0.25, 0.3) is 5.91 Å². The first-order chi connectivity index (χ1) is 20.6. The second kappa shape index (κ2) is 12.5. The summed E-state index contributed by atoms with van der Waals surface area (Å²) in [7, 11) is 0. The Morgan fingerprint density at radius 3 is 2.63 bits per heavy atom. The van der Waals surface area contributed by atoms with E-state index in [9.17, 15) is 27.6 Å². The Hall–Kier alpha value is -4.30. The molecule has 3 amide bonds. The normalized spacial score (nSPS) is 13.2. The molecule has 1 saturated carbocycles. The number of benzene rings is 1. The van der Waals surface area contributed by atoms with E-state index in [2.05, 4.69) is 25.9 Å². The molecule has 0 aliphatic heterocycles. The number of aliphatic hydroxyl groups is 1. The van der Waals surface area contributed by atoms with E-state index in [-0.39, 0.29) is 29.5 Å². The van der Waals surface area contributed by atoms with Gasteiger partial charge in [-0.05, 0) is 55.9 Å². The number of halogens is 3. The van der Waals surface area contributed by atoms with Crippen LogP contribution >= 0.6 is 11.3 Å². The van der Waals surface area contributed by atoms with E-state index < -0.39 is 29.2 Å². The maximum absolute atomic E-state index is 13.4. The molecule has 1 aliphatic rings. The van der Waals surface area contributed by atoms with Crippen LogP contribution in [0.4, 0.5) is 23.8 Å². The number of rotatable bonds is 10. The van der Waals surface area contributed by atoms with Gasteiger partial charge in [0.05, 0.1) is 5.52 Å². The second-order valence-corrected chi connectivity index (χ2v) is 11.0. The summed E-state index contributed by atoms with van der Waals surface area (Å²) in [6.45, 7) is 2.82. The number of nitrogens with zero attached hydrogens (tertiary/aromatic N) is 3. The van der Waals surface area contributed by atoms with Crippen molar-refractivity contribution in [2.24, 2.45) is 5.92 Å². The predicted octanol–water partition coefficient (Wildman–Crippen LogP) is 4.87. The summed E-state index contributed by atoms with van der Waals surface area (Å²) in [4.78, 5) is 46.5. The number of pyridine rings is 2. The fourth-order valence-electron chi connectivity index (χ4n) is 4.60. The number of fused-ring (bicyclic) bond motifs is 1. The Kier molecular flexibility index (Phi) is 8.78. The molecule has 226 valence electrons. The molecule has 0 saturated heterocycles. The highest BCUT2D eigenvalue weighted by molar-refractivity contribution is 7.13. The number of urea groups is 1. The van der Waals surface area contributed by atoms with Crippen LogP contribution in [0.3, 0.4) is 0 Å². The predicted molar refractivity (Wildman–Crippen MR) is 157 cm³/mol. The highest BCUT2D eigenvalue weighted by Crippen LogP contribution is 2.39. The molecule has 0 radical (unpaired) electrons. The number of amides is 3. The van der Waals surface area contributed by atoms with Gasteiger partial charge in [-0.15, -0.1) is 11.3 Å². The molecule has 0 spiro atoms. The molecule has 0 unspecified atom stereocenters. The second-order valence-electron chi connectivity index (χ2n) is 10.2. The molecule has 14 heteroatoms. The van der Waals surface area contributed by atoms with Crippen LogP contribution in [-0.4, -0.2) is 51.3 Å². The Balaban J connectivity index is 1.62. The number of anilines is 1. The standard InChI is InChI=1S/C29H29F3N6O4S/c1-2-33-28(42)37-24-11-19(27-36-23(15-43-27)29(30,31)32)20(12-35-24)17-6-7-18-22(10-17)38(13-16-4-5-16)14-21(25(18)40)26(41)34-8-3-9-39/h6-7,10-12,14-16,39H,2-5,8-9,13H2,1H3,(H,34,41)(H2,33,35,37,42). The number of thiazole rings is 1. The molecular weight excluding hydrogens is 585 g/mol. The molecule has 10 nitrogen and oxygen atoms in total. The summed E-state index contributed by atoms with van der Waals surface area (Å²) in [5, 5.41) is 18.2. The molecule has 43 heavy (non-hydrogen) atoms. The largest absolute Gasteiger partial charge is 0.434 e. The van der Waals surface area contributed by atoms with Gasteiger partial charge in [-0.3, -0.25) is 14.9 Å². The molecule has 0 atom stereocenters. The van der Waals surface area contributed by atoms with Gasteiger partial charge in [0.2, 0.25) is 5.43 Å². The number of aromatic nitrogens is 3. The first-order valence-corrected chi connectivity index (χ1v) is 14.6. The molecule has 3 aromatic heterocycles. The van der Waals surface area contributed by atoms with Gasteiger partial charge in [0, 0.05) is 60.5 Å². The molecule has 4 N–H and O–H groups in total. The van der Waals surface area contributed by atoms with Crippen LogP contribution in [0.15, 0.2) is 46.8 Å². The summed E-state index contributed by atoms with van der Waals surface area (Å²) in [6, 6.07) is 5.94. The average molecular weight is 615 g/mol. The van der Waals surface area contributed by atoms with Gasteiger partial charge >= 0.3 is 12.2 Å². The SMILES string of the molecule is CCNC(=O)Nc1cc(-c2nc(C(F)(F)F)cs2)c(-c2ccc3c(=O)c(C(=O)NCCCO)cn(CC4CC4)c3c2)cn1. The van der Waals surface area contributed by atoms with Crippen molar-refractivity contribution in [1.82, 2.24) is 25.2 Å². The van der Waals surface area contributed by atoms with Crippen LogP contribution in [-0.2, 0) is 12.7 Å². The lowest BCUT2D eigenvalue weighted by Crippen LogP contribution is -2.31. The molecule has 5 rings (SSSR count). The molecule has 1 aromatic carbocycles. The van der Waals surface area contributed by atoms with Crippen LogP contribution in [0.25, 0.3) is 32.6 Å². The van der Waals surface area contributed by atoms with Gasteiger partial charge in [-0.1, -0.05) is 6.07 Å². The van der Waals surface area contributed by atoms with Crippen LogP contribution in [0, 0.1) is 5.92 Å².